The Morgan fingerprint density at radius 1 is 0.972 bits per heavy atom. The molecule has 0 aliphatic carbocycles. The lowest BCUT2D eigenvalue weighted by molar-refractivity contribution is 0.419. The number of rotatable bonds is 5. The number of thioether (sulfide) groups is 1. The van der Waals surface area contributed by atoms with Crippen LogP contribution in [0.4, 0.5) is 0 Å². The molecule has 0 unspecified atom stereocenters. The van der Waals surface area contributed by atoms with Crippen LogP contribution in [0.1, 0.15) is 17.0 Å². The van der Waals surface area contributed by atoms with E-state index in [0.717, 1.165) is 22.3 Å². The summed E-state index contributed by atoms with van der Waals surface area (Å²) in [6.07, 6.45) is 0. The highest BCUT2D eigenvalue weighted by Gasteiger charge is 2.20. The lowest BCUT2D eigenvalue weighted by atomic mass is 10.1. The van der Waals surface area contributed by atoms with Crippen molar-refractivity contribution in [2.24, 2.45) is 0 Å². The molecule has 9 nitrogen and oxygen atoms in total. The number of phenolic OH excluding ortho intramolecular Hbond substituents is 1. The molecular formula is C26H20N6O3S. The zero-order valence-corrected chi connectivity index (χ0v) is 20.2. The molecule has 0 amide bonds. The molecule has 3 aromatic carbocycles. The van der Waals surface area contributed by atoms with Crippen molar-refractivity contribution in [3.8, 4) is 22.9 Å². The van der Waals surface area contributed by atoms with Gasteiger partial charge in [-0.15, -0.1) is 10.2 Å². The summed E-state index contributed by atoms with van der Waals surface area (Å²) in [5, 5.41) is 24.1. The number of fused-ring (bicyclic) bond motifs is 3. The van der Waals surface area contributed by atoms with E-state index in [2.05, 4.69) is 20.3 Å². The van der Waals surface area contributed by atoms with Crippen molar-refractivity contribution in [3.05, 3.63) is 94.0 Å². The number of phenols is 1. The molecular weight excluding hydrogens is 476 g/mol. The Balaban J connectivity index is 1.44. The smallest absolute Gasteiger partial charge is 0.267 e. The van der Waals surface area contributed by atoms with Gasteiger partial charge >= 0.3 is 0 Å². The normalized spacial score (nSPS) is 11.5. The van der Waals surface area contributed by atoms with Gasteiger partial charge in [0.15, 0.2) is 11.0 Å². The quantitative estimate of drug-likeness (QED) is 0.342. The van der Waals surface area contributed by atoms with Crippen LogP contribution >= 0.6 is 11.8 Å². The molecule has 1 N–H and O–H groups in total. The summed E-state index contributed by atoms with van der Waals surface area (Å²) < 4.78 is 8.85. The van der Waals surface area contributed by atoms with Gasteiger partial charge in [0.1, 0.15) is 5.75 Å². The average Bonchev–Trinajstić information content (AvgIpc) is 3.53. The Labute approximate surface area is 209 Å². The van der Waals surface area contributed by atoms with Gasteiger partial charge in [-0.05, 0) is 55.3 Å². The largest absolute Gasteiger partial charge is 0.507 e. The van der Waals surface area contributed by atoms with Gasteiger partial charge in [0.25, 0.3) is 11.4 Å². The van der Waals surface area contributed by atoms with Gasteiger partial charge in [-0.25, -0.2) is 4.57 Å². The van der Waals surface area contributed by atoms with Gasteiger partial charge in [-0.3, -0.25) is 9.20 Å². The van der Waals surface area contributed by atoms with Gasteiger partial charge in [0.2, 0.25) is 5.78 Å². The molecule has 36 heavy (non-hydrogen) atoms. The SMILES string of the molecule is Cc1cccc(-n2c(=O)c3ccccc3n3c(SCc4noc(-c5ccccc5O)n4)nnc23)c1C. The lowest BCUT2D eigenvalue weighted by Gasteiger charge is -2.14. The number of nitrogens with zero attached hydrogens (tertiary/aromatic N) is 6. The molecule has 0 spiro atoms. The number of aromatic hydroxyl groups is 1. The van der Waals surface area contributed by atoms with Crippen LogP contribution < -0.4 is 5.56 Å². The number of aromatic nitrogens is 6. The Morgan fingerprint density at radius 2 is 1.78 bits per heavy atom. The van der Waals surface area contributed by atoms with E-state index in [-0.39, 0.29) is 17.2 Å². The Morgan fingerprint density at radius 3 is 2.64 bits per heavy atom. The summed E-state index contributed by atoms with van der Waals surface area (Å²) >= 11 is 1.38. The van der Waals surface area contributed by atoms with Crippen molar-refractivity contribution < 1.29 is 9.63 Å². The zero-order valence-electron chi connectivity index (χ0n) is 19.4. The topological polar surface area (TPSA) is 111 Å². The summed E-state index contributed by atoms with van der Waals surface area (Å²) in [6.45, 7) is 4.01. The summed E-state index contributed by atoms with van der Waals surface area (Å²) in [7, 11) is 0. The van der Waals surface area contributed by atoms with Crippen LogP contribution in [0, 0.1) is 13.8 Å². The molecule has 0 aliphatic rings. The fourth-order valence-electron chi connectivity index (χ4n) is 4.17. The second kappa shape index (κ2) is 8.65. The van der Waals surface area contributed by atoms with Crippen molar-refractivity contribution in [3.63, 3.8) is 0 Å². The maximum Gasteiger partial charge on any atom is 0.267 e. The van der Waals surface area contributed by atoms with E-state index in [1.54, 1.807) is 28.8 Å². The molecule has 10 heteroatoms. The molecule has 0 aliphatic heterocycles. The van der Waals surface area contributed by atoms with E-state index in [1.165, 1.54) is 11.8 Å². The zero-order chi connectivity index (χ0) is 24.8. The molecule has 0 saturated carbocycles. The third-order valence-corrected chi connectivity index (χ3v) is 7.07. The van der Waals surface area contributed by atoms with Crippen LogP contribution in [0.25, 0.3) is 33.8 Å². The molecule has 0 bridgehead atoms. The number of aryl methyl sites for hydroxylation is 1. The Hall–Kier alpha value is -4.44. The number of benzene rings is 3. The second-order valence-electron chi connectivity index (χ2n) is 8.32. The first kappa shape index (κ1) is 22.1. The summed E-state index contributed by atoms with van der Waals surface area (Å²) in [4.78, 5) is 18.0. The number of hydrogen-bond donors (Lipinski definition) is 1. The highest BCUT2D eigenvalue weighted by Crippen LogP contribution is 2.29. The van der Waals surface area contributed by atoms with Gasteiger partial charge in [0, 0.05) is 0 Å². The molecule has 178 valence electrons. The van der Waals surface area contributed by atoms with E-state index >= 15 is 0 Å². The van der Waals surface area contributed by atoms with E-state index in [9.17, 15) is 9.90 Å². The van der Waals surface area contributed by atoms with Crippen molar-refractivity contribution >= 4 is 28.4 Å². The molecule has 3 aromatic heterocycles. The fraction of sp³-hybridized carbons (Fsp3) is 0.115. The Kier molecular flexibility index (Phi) is 5.30. The van der Waals surface area contributed by atoms with Crippen molar-refractivity contribution in [1.29, 1.82) is 0 Å². The van der Waals surface area contributed by atoms with Crippen LogP contribution in [0.15, 0.2) is 81.2 Å². The minimum absolute atomic E-state index is 0.0692. The summed E-state index contributed by atoms with van der Waals surface area (Å²) in [6, 6.07) is 20.1. The highest BCUT2D eigenvalue weighted by atomic mass is 32.2. The predicted octanol–water partition coefficient (Wildman–Crippen LogP) is 4.70. The minimum atomic E-state index is -0.152. The van der Waals surface area contributed by atoms with Gasteiger partial charge in [-0.1, -0.05) is 53.3 Å². The minimum Gasteiger partial charge on any atom is -0.507 e. The van der Waals surface area contributed by atoms with Crippen LogP contribution in [0.2, 0.25) is 0 Å². The van der Waals surface area contributed by atoms with Crippen LogP contribution in [-0.4, -0.2) is 34.4 Å². The average molecular weight is 497 g/mol. The first-order valence-electron chi connectivity index (χ1n) is 11.2. The van der Waals surface area contributed by atoms with E-state index in [4.69, 9.17) is 4.52 Å². The van der Waals surface area contributed by atoms with Crippen LogP contribution in [0.5, 0.6) is 5.75 Å². The Bertz CT molecular complexity index is 1820. The monoisotopic (exact) mass is 496 g/mol. The third kappa shape index (κ3) is 3.54. The third-order valence-electron chi connectivity index (χ3n) is 6.14. The molecule has 6 rings (SSSR count). The fourth-order valence-corrected chi connectivity index (χ4v) is 4.96. The maximum atomic E-state index is 13.6. The lowest BCUT2D eigenvalue weighted by Crippen LogP contribution is -2.22. The van der Waals surface area contributed by atoms with Crippen molar-refractivity contribution in [1.82, 2.24) is 29.3 Å². The number of para-hydroxylation sites is 2. The highest BCUT2D eigenvalue weighted by molar-refractivity contribution is 7.98. The summed E-state index contributed by atoms with van der Waals surface area (Å²) in [5.74, 6) is 1.54. The standard InChI is InChI=1S/C26H20N6O3S/c1-15-8-7-12-19(16(15)2)31-24(34)17-9-3-5-11-20(17)32-25(31)28-29-26(32)36-14-22-27-23(35-30-22)18-10-4-6-13-21(18)33/h3-13,33H,14H2,1-2H3. The van der Waals surface area contributed by atoms with Gasteiger partial charge in [-0.2, -0.15) is 4.98 Å². The molecule has 0 radical (unpaired) electrons. The van der Waals surface area contributed by atoms with E-state index in [0.29, 0.717) is 33.5 Å². The molecule has 0 atom stereocenters. The second-order valence-corrected chi connectivity index (χ2v) is 9.26. The van der Waals surface area contributed by atoms with Gasteiger partial charge in [0.05, 0.1) is 27.9 Å². The van der Waals surface area contributed by atoms with Crippen molar-refractivity contribution in [2.45, 2.75) is 24.8 Å². The van der Waals surface area contributed by atoms with Gasteiger partial charge < -0.3 is 9.63 Å². The van der Waals surface area contributed by atoms with Crippen LogP contribution in [-0.2, 0) is 5.75 Å². The molecule has 6 aromatic rings. The first-order chi connectivity index (χ1) is 17.5. The maximum absolute atomic E-state index is 13.6. The summed E-state index contributed by atoms with van der Waals surface area (Å²) in [5.41, 5.74) is 3.88. The number of hydrogen-bond acceptors (Lipinski definition) is 8. The van der Waals surface area contributed by atoms with E-state index < -0.39 is 0 Å². The molecule has 0 fully saturated rings. The van der Waals surface area contributed by atoms with Crippen molar-refractivity contribution in [2.75, 3.05) is 0 Å². The first-order valence-corrected chi connectivity index (χ1v) is 12.2. The molecule has 3 heterocycles. The van der Waals surface area contributed by atoms with E-state index in [1.807, 2.05) is 60.7 Å². The van der Waals surface area contributed by atoms with Crippen LogP contribution in [0.3, 0.4) is 0 Å². The molecule has 0 saturated heterocycles. The predicted molar refractivity (Wildman–Crippen MR) is 137 cm³/mol.